The summed E-state index contributed by atoms with van der Waals surface area (Å²) in [5.41, 5.74) is 1.65. The Morgan fingerprint density at radius 1 is 1.30 bits per heavy atom. The monoisotopic (exact) mass is 272 g/mol. The molecular formula is C13H12N4O3. The number of carbonyl (C=O) groups is 2. The highest BCUT2D eigenvalue weighted by molar-refractivity contribution is 6.03. The summed E-state index contributed by atoms with van der Waals surface area (Å²) in [6, 6.07) is 8.10. The number of aromatic nitrogens is 1. The van der Waals surface area contributed by atoms with E-state index in [1.54, 1.807) is 6.07 Å². The molecule has 1 unspecified atom stereocenters. The fraction of sp³-hybridized carbons (Fsp3) is 0.154. The summed E-state index contributed by atoms with van der Waals surface area (Å²) >= 11 is 0. The molecule has 1 aromatic heterocycles. The molecule has 0 bridgehead atoms. The lowest BCUT2D eigenvalue weighted by molar-refractivity contribution is -0.117. The van der Waals surface area contributed by atoms with Gasteiger partial charge in [0, 0.05) is 12.6 Å². The lowest BCUT2D eigenvalue weighted by Crippen LogP contribution is -2.46. The van der Waals surface area contributed by atoms with E-state index in [0.29, 0.717) is 12.2 Å². The Kier molecular flexibility index (Phi) is 3.08. The van der Waals surface area contributed by atoms with Crippen molar-refractivity contribution in [2.45, 2.75) is 6.04 Å². The smallest absolute Gasteiger partial charge is 0.274 e. The number of hydrogen-bond acceptors (Lipinski definition) is 5. The summed E-state index contributed by atoms with van der Waals surface area (Å²) in [6.07, 6.45) is 1.30. The Labute approximate surface area is 114 Å². The quantitative estimate of drug-likeness (QED) is 0.752. The van der Waals surface area contributed by atoms with Gasteiger partial charge in [-0.1, -0.05) is 17.3 Å². The lowest BCUT2D eigenvalue weighted by atomic mass is 10.2. The number of nitrogens with zero attached hydrogens (tertiary/aromatic N) is 1. The zero-order valence-electron chi connectivity index (χ0n) is 10.4. The van der Waals surface area contributed by atoms with Crippen molar-refractivity contribution in [1.82, 2.24) is 10.5 Å². The van der Waals surface area contributed by atoms with Gasteiger partial charge in [-0.3, -0.25) is 9.59 Å². The summed E-state index contributed by atoms with van der Waals surface area (Å²) in [5.74, 6) is -0.731. The van der Waals surface area contributed by atoms with Crippen molar-refractivity contribution in [3.8, 4) is 0 Å². The van der Waals surface area contributed by atoms with Crippen LogP contribution in [0.15, 0.2) is 41.1 Å². The molecule has 2 heterocycles. The van der Waals surface area contributed by atoms with E-state index in [9.17, 15) is 9.59 Å². The predicted octanol–water partition coefficient (Wildman–Crippen LogP) is 0.837. The van der Waals surface area contributed by atoms with Gasteiger partial charge >= 0.3 is 0 Å². The molecular weight excluding hydrogens is 260 g/mol. The molecule has 0 aliphatic carbocycles. The third-order valence-electron chi connectivity index (χ3n) is 2.97. The molecule has 7 nitrogen and oxygen atoms in total. The van der Waals surface area contributed by atoms with Crippen LogP contribution in [0.2, 0.25) is 0 Å². The van der Waals surface area contributed by atoms with Crippen LogP contribution < -0.4 is 16.0 Å². The minimum atomic E-state index is -0.688. The zero-order valence-corrected chi connectivity index (χ0v) is 10.4. The van der Waals surface area contributed by atoms with Crippen LogP contribution in [0.1, 0.15) is 10.5 Å². The third kappa shape index (κ3) is 2.33. The van der Waals surface area contributed by atoms with Crippen molar-refractivity contribution in [2.24, 2.45) is 0 Å². The minimum Gasteiger partial charge on any atom is -0.381 e. The molecule has 0 spiro atoms. The molecule has 0 fully saturated rings. The van der Waals surface area contributed by atoms with Gasteiger partial charge in [-0.15, -0.1) is 0 Å². The van der Waals surface area contributed by atoms with E-state index in [-0.39, 0.29) is 11.6 Å². The van der Waals surface area contributed by atoms with Crippen molar-refractivity contribution >= 4 is 23.2 Å². The molecule has 1 atom stereocenters. The van der Waals surface area contributed by atoms with Gasteiger partial charge in [0.25, 0.3) is 5.91 Å². The van der Waals surface area contributed by atoms with Crippen molar-refractivity contribution in [2.75, 3.05) is 17.2 Å². The van der Waals surface area contributed by atoms with Crippen LogP contribution in [0.5, 0.6) is 0 Å². The average molecular weight is 272 g/mol. The van der Waals surface area contributed by atoms with Crippen LogP contribution in [0.25, 0.3) is 0 Å². The first kappa shape index (κ1) is 12.2. The van der Waals surface area contributed by atoms with Crippen LogP contribution in [-0.4, -0.2) is 29.6 Å². The molecule has 7 heteroatoms. The van der Waals surface area contributed by atoms with Crippen molar-refractivity contribution in [3.63, 3.8) is 0 Å². The topological polar surface area (TPSA) is 96.3 Å². The number of benzene rings is 1. The summed E-state index contributed by atoms with van der Waals surface area (Å²) in [5, 5.41) is 12.0. The van der Waals surface area contributed by atoms with E-state index in [1.807, 2.05) is 18.2 Å². The molecule has 0 radical (unpaired) electrons. The number of hydrogen-bond donors (Lipinski definition) is 3. The van der Waals surface area contributed by atoms with Gasteiger partial charge in [-0.2, -0.15) is 0 Å². The first-order valence-electron chi connectivity index (χ1n) is 6.09. The van der Waals surface area contributed by atoms with Gasteiger partial charge in [0.15, 0.2) is 5.69 Å². The van der Waals surface area contributed by atoms with E-state index < -0.39 is 11.9 Å². The molecule has 3 N–H and O–H groups in total. The molecule has 2 aromatic rings. The Morgan fingerprint density at radius 2 is 2.10 bits per heavy atom. The van der Waals surface area contributed by atoms with Crippen LogP contribution >= 0.6 is 0 Å². The van der Waals surface area contributed by atoms with E-state index in [1.165, 1.54) is 12.3 Å². The molecule has 3 rings (SSSR count). The molecule has 1 aliphatic rings. The summed E-state index contributed by atoms with van der Waals surface area (Å²) in [6.45, 7) is 0.298. The molecule has 20 heavy (non-hydrogen) atoms. The Hall–Kier alpha value is -2.83. The maximum Gasteiger partial charge on any atom is 0.274 e. The number of anilines is 2. The molecule has 0 saturated heterocycles. The fourth-order valence-corrected chi connectivity index (χ4v) is 1.95. The fourth-order valence-electron chi connectivity index (χ4n) is 1.95. The van der Waals surface area contributed by atoms with E-state index in [0.717, 1.165) is 5.69 Å². The van der Waals surface area contributed by atoms with E-state index >= 15 is 0 Å². The SMILES string of the molecule is O=C(NC1CNc2ccccc2NC1=O)c1ccon1. The number of rotatable bonds is 2. The molecule has 0 saturated carbocycles. The van der Waals surface area contributed by atoms with Gasteiger partial charge < -0.3 is 20.5 Å². The maximum atomic E-state index is 12.1. The second-order valence-corrected chi connectivity index (χ2v) is 4.33. The Balaban J connectivity index is 1.73. The Bertz CT molecular complexity index is 639. The third-order valence-corrected chi connectivity index (χ3v) is 2.97. The number of carbonyl (C=O) groups excluding carboxylic acids is 2. The van der Waals surface area contributed by atoms with E-state index in [4.69, 9.17) is 0 Å². The van der Waals surface area contributed by atoms with Crippen LogP contribution in [0, 0.1) is 0 Å². The highest BCUT2D eigenvalue weighted by Crippen LogP contribution is 2.23. The van der Waals surface area contributed by atoms with Gasteiger partial charge in [-0.05, 0) is 12.1 Å². The van der Waals surface area contributed by atoms with Gasteiger partial charge in [0.05, 0.1) is 11.4 Å². The van der Waals surface area contributed by atoms with Crippen LogP contribution in [-0.2, 0) is 4.79 Å². The second kappa shape index (κ2) is 5.04. The standard InChI is InChI=1S/C13H12N4O3/c18-12(10-5-6-20-17-10)16-11-7-14-8-3-1-2-4-9(8)15-13(11)19/h1-6,11,14H,7H2,(H,15,19)(H,16,18). The number of nitrogens with one attached hydrogen (secondary N) is 3. The number of para-hydroxylation sites is 2. The Morgan fingerprint density at radius 3 is 2.85 bits per heavy atom. The van der Waals surface area contributed by atoms with Crippen LogP contribution in [0.4, 0.5) is 11.4 Å². The van der Waals surface area contributed by atoms with Gasteiger partial charge in [0.1, 0.15) is 12.3 Å². The first-order valence-corrected chi connectivity index (χ1v) is 6.09. The first-order chi connectivity index (χ1) is 9.74. The number of amides is 2. The van der Waals surface area contributed by atoms with Crippen molar-refractivity contribution < 1.29 is 14.1 Å². The summed E-state index contributed by atoms with van der Waals surface area (Å²) in [7, 11) is 0. The molecule has 1 aromatic carbocycles. The highest BCUT2D eigenvalue weighted by Gasteiger charge is 2.25. The number of fused-ring (bicyclic) bond motifs is 1. The van der Waals surface area contributed by atoms with Crippen molar-refractivity contribution in [3.05, 3.63) is 42.3 Å². The molecule has 2 amide bonds. The predicted molar refractivity (Wildman–Crippen MR) is 71.3 cm³/mol. The molecule has 102 valence electrons. The summed E-state index contributed by atoms with van der Waals surface area (Å²) in [4.78, 5) is 23.9. The normalized spacial score (nSPS) is 17.4. The maximum absolute atomic E-state index is 12.1. The van der Waals surface area contributed by atoms with Crippen LogP contribution in [0.3, 0.4) is 0 Å². The van der Waals surface area contributed by atoms with Crippen molar-refractivity contribution in [1.29, 1.82) is 0 Å². The lowest BCUT2D eigenvalue weighted by Gasteiger charge is -2.14. The second-order valence-electron chi connectivity index (χ2n) is 4.33. The average Bonchev–Trinajstić information content (AvgIpc) is 2.93. The van der Waals surface area contributed by atoms with Gasteiger partial charge in [0.2, 0.25) is 5.91 Å². The zero-order chi connectivity index (χ0) is 13.9. The summed E-state index contributed by atoms with van der Waals surface area (Å²) < 4.78 is 4.60. The van der Waals surface area contributed by atoms with Gasteiger partial charge in [-0.25, -0.2) is 0 Å². The van der Waals surface area contributed by atoms with E-state index in [2.05, 4.69) is 25.6 Å². The minimum absolute atomic E-state index is 0.138. The largest absolute Gasteiger partial charge is 0.381 e. The molecule has 1 aliphatic heterocycles. The highest BCUT2D eigenvalue weighted by atomic mass is 16.5.